The van der Waals surface area contributed by atoms with Gasteiger partial charge in [-0.15, -0.1) is 0 Å². The molecule has 0 saturated carbocycles. The smallest absolute Gasteiger partial charge is 0.220 e. The summed E-state index contributed by atoms with van der Waals surface area (Å²) in [5.41, 5.74) is 1.14. The summed E-state index contributed by atoms with van der Waals surface area (Å²) >= 11 is 3.06. The predicted octanol–water partition coefficient (Wildman–Crippen LogP) is 2.58. The SMILES string of the molecule is O=C(Br)[C@@H]1CCCN1c1ccccc1. The first-order chi connectivity index (χ1) is 6.79. The Morgan fingerprint density at radius 2 is 2.07 bits per heavy atom. The topological polar surface area (TPSA) is 20.3 Å². The van der Waals surface area contributed by atoms with Gasteiger partial charge in [-0.1, -0.05) is 18.2 Å². The fourth-order valence-corrected chi connectivity index (χ4v) is 2.41. The van der Waals surface area contributed by atoms with Gasteiger partial charge in [0.25, 0.3) is 0 Å². The molecule has 1 fully saturated rings. The highest BCUT2D eigenvalue weighted by Gasteiger charge is 2.28. The third-order valence-corrected chi connectivity index (χ3v) is 3.13. The average molecular weight is 254 g/mol. The molecular formula is C11H12BrNO. The maximum Gasteiger partial charge on any atom is 0.220 e. The van der Waals surface area contributed by atoms with Gasteiger partial charge in [0.2, 0.25) is 4.69 Å². The lowest BCUT2D eigenvalue weighted by Gasteiger charge is -2.23. The molecule has 0 bridgehead atoms. The molecule has 0 amide bonds. The predicted molar refractivity (Wildman–Crippen MR) is 60.7 cm³/mol. The summed E-state index contributed by atoms with van der Waals surface area (Å²) in [7, 11) is 0. The molecule has 74 valence electrons. The van der Waals surface area contributed by atoms with Crippen molar-refractivity contribution in [3.05, 3.63) is 30.3 Å². The minimum absolute atomic E-state index is 0.0254. The number of rotatable bonds is 2. The molecule has 14 heavy (non-hydrogen) atoms. The number of hydrogen-bond donors (Lipinski definition) is 0. The van der Waals surface area contributed by atoms with Crippen molar-refractivity contribution in [2.75, 3.05) is 11.4 Å². The molecule has 1 heterocycles. The largest absolute Gasteiger partial charge is 0.361 e. The molecule has 0 N–H and O–H groups in total. The van der Waals surface area contributed by atoms with E-state index in [4.69, 9.17) is 0 Å². The third-order valence-electron chi connectivity index (χ3n) is 2.60. The van der Waals surface area contributed by atoms with E-state index in [-0.39, 0.29) is 10.7 Å². The minimum Gasteiger partial charge on any atom is -0.361 e. The molecule has 0 aliphatic carbocycles. The molecule has 2 nitrogen and oxygen atoms in total. The monoisotopic (exact) mass is 253 g/mol. The lowest BCUT2D eigenvalue weighted by atomic mass is 10.2. The van der Waals surface area contributed by atoms with E-state index in [1.807, 2.05) is 30.3 Å². The maximum atomic E-state index is 11.3. The van der Waals surface area contributed by atoms with Crippen LogP contribution in [-0.4, -0.2) is 17.3 Å². The number of hydrogen-bond acceptors (Lipinski definition) is 2. The van der Waals surface area contributed by atoms with Crippen LogP contribution in [0.15, 0.2) is 30.3 Å². The Hall–Kier alpha value is -0.830. The highest BCUT2D eigenvalue weighted by molar-refractivity contribution is 9.18. The molecule has 2 rings (SSSR count). The van der Waals surface area contributed by atoms with Gasteiger partial charge in [0, 0.05) is 12.2 Å². The van der Waals surface area contributed by atoms with Crippen LogP contribution in [0.5, 0.6) is 0 Å². The van der Waals surface area contributed by atoms with E-state index >= 15 is 0 Å². The summed E-state index contributed by atoms with van der Waals surface area (Å²) in [4.78, 5) is 13.5. The molecule has 0 radical (unpaired) electrons. The van der Waals surface area contributed by atoms with Crippen LogP contribution in [0.1, 0.15) is 12.8 Å². The number of para-hydroxylation sites is 1. The first-order valence-corrected chi connectivity index (χ1v) is 5.59. The molecule has 3 heteroatoms. The molecule has 1 aromatic rings. The molecule has 1 aliphatic heterocycles. The lowest BCUT2D eigenvalue weighted by molar-refractivity contribution is -0.111. The van der Waals surface area contributed by atoms with Crippen molar-refractivity contribution in [2.45, 2.75) is 18.9 Å². The number of halogens is 1. The second-order valence-corrected chi connectivity index (χ2v) is 4.27. The van der Waals surface area contributed by atoms with Crippen LogP contribution in [0.3, 0.4) is 0 Å². The number of benzene rings is 1. The molecule has 1 aliphatic rings. The van der Waals surface area contributed by atoms with Crippen LogP contribution >= 0.6 is 15.9 Å². The summed E-state index contributed by atoms with van der Waals surface area (Å²) in [6.07, 6.45) is 2.05. The minimum atomic E-state index is 0.0254. The summed E-state index contributed by atoms with van der Waals surface area (Å²) in [5, 5.41) is 0. The Balaban J connectivity index is 2.22. The van der Waals surface area contributed by atoms with E-state index in [1.54, 1.807) is 0 Å². The third kappa shape index (κ3) is 1.82. The number of carbonyl (C=O) groups excluding carboxylic acids is 1. The van der Waals surface area contributed by atoms with E-state index in [9.17, 15) is 4.79 Å². The average Bonchev–Trinajstić information content (AvgIpc) is 2.67. The van der Waals surface area contributed by atoms with Crippen molar-refractivity contribution < 1.29 is 4.79 Å². The van der Waals surface area contributed by atoms with Crippen molar-refractivity contribution in [3.8, 4) is 0 Å². The summed E-state index contributed by atoms with van der Waals surface area (Å²) in [5.74, 6) is 0. The van der Waals surface area contributed by atoms with E-state index in [0.717, 1.165) is 25.1 Å². The van der Waals surface area contributed by atoms with Crippen LogP contribution in [0.2, 0.25) is 0 Å². The van der Waals surface area contributed by atoms with Crippen molar-refractivity contribution in [2.24, 2.45) is 0 Å². The van der Waals surface area contributed by atoms with Gasteiger partial charge in [0.05, 0.1) is 6.04 Å². The van der Waals surface area contributed by atoms with Gasteiger partial charge in [-0.25, -0.2) is 0 Å². The Bertz CT molecular complexity index is 325. The van der Waals surface area contributed by atoms with Gasteiger partial charge in [0.15, 0.2) is 0 Å². The maximum absolute atomic E-state index is 11.3. The molecule has 0 spiro atoms. The van der Waals surface area contributed by atoms with Gasteiger partial charge < -0.3 is 4.90 Å². The fourth-order valence-electron chi connectivity index (χ4n) is 1.93. The van der Waals surface area contributed by atoms with Crippen LogP contribution < -0.4 is 4.90 Å². The lowest BCUT2D eigenvalue weighted by Crippen LogP contribution is -2.33. The van der Waals surface area contributed by atoms with Crippen molar-refractivity contribution >= 4 is 26.3 Å². The van der Waals surface area contributed by atoms with Crippen molar-refractivity contribution in [3.63, 3.8) is 0 Å². The molecule has 1 aromatic carbocycles. The Labute approximate surface area is 92.0 Å². The zero-order valence-corrected chi connectivity index (χ0v) is 9.40. The number of carbonyl (C=O) groups is 1. The zero-order chi connectivity index (χ0) is 9.97. The Morgan fingerprint density at radius 1 is 1.36 bits per heavy atom. The molecule has 1 atom stereocenters. The van der Waals surface area contributed by atoms with Crippen LogP contribution in [-0.2, 0) is 4.79 Å². The van der Waals surface area contributed by atoms with Crippen molar-refractivity contribution in [1.82, 2.24) is 0 Å². The van der Waals surface area contributed by atoms with E-state index in [0.29, 0.717) is 0 Å². The molecule has 1 saturated heterocycles. The fraction of sp³-hybridized carbons (Fsp3) is 0.364. The van der Waals surface area contributed by atoms with E-state index in [1.165, 1.54) is 0 Å². The standard InChI is InChI=1S/C11H12BrNO/c12-11(14)10-7-4-8-13(10)9-5-2-1-3-6-9/h1-3,5-6,10H,4,7-8H2/t10-/m0/s1. The van der Waals surface area contributed by atoms with E-state index < -0.39 is 0 Å². The number of anilines is 1. The normalized spacial score (nSPS) is 21.2. The zero-order valence-electron chi connectivity index (χ0n) is 7.82. The first kappa shape index (κ1) is 9.71. The highest BCUT2D eigenvalue weighted by Crippen LogP contribution is 2.26. The van der Waals surface area contributed by atoms with Crippen LogP contribution in [0, 0.1) is 0 Å². The van der Waals surface area contributed by atoms with Gasteiger partial charge in [0.1, 0.15) is 0 Å². The molecular weight excluding hydrogens is 242 g/mol. The van der Waals surface area contributed by atoms with Crippen molar-refractivity contribution in [1.29, 1.82) is 0 Å². The van der Waals surface area contributed by atoms with Gasteiger partial charge in [-0.05, 0) is 40.9 Å². The first-order valence-electron chi connectivity index (χ1n) is 4.80. The van der Waals surface area contributed by atoms with Gasteiger partial charge in [-0.2, -0.15) is 0 Å². The number of nitrogens with zero attached hydrogens (tertiary/aromatic N) is 1. The Morgan fingerprint density at radius 3 is 2.71 bits per heavy atom. The Kier molecular flexibility index (Phi) is 2.87. The van der Waals surface area contributed by atoms with Crippen LogP contribution in [0.4, 0.5) is 5.69 Å². The van der Waals surface area contributed by atoms with Gasteiger partial charge in [-0.3, -0.25) is 4.79 Å². The molecule has 0 unspecified atom stereocenters. The summed E-state index contributed by atoms with van der Waals surface area (Å²) < 4.78 is 0.0962. The second-order valence-electron chi connectivity index (χ2n) is 3.49. The molecule has 0 aromatic heterocycles. The van der Waals surface area contributed by atoms with E-state index in [2.05, 4.69) is 20.8 Å². The second kappa shape index (κ2) is 4.13. The summed E-state index contributed by atoms with van der Waals surface area (Å²) in [6, 6.07) is 10.1. The quantitative estimate of drug-likeness (QED) is 0.756. The highest BCUT2D eigenvalue weighted by atomic mass is 79.9. The van der Waals surface area contributed by atoms with Crippen LogP contribution in [0.25, 0.3) is 0 Å². The summed E-state index contributed by atoms with van der Waals surface area (Å²) in [6.45, 7) is 0.978. The van der Waals surface area contributed by atoms with Gasteiger partial charge >= 0.3 is 0 Å².